The minimum atomic E-state index is -0.309. The van der Waals surface area contributed by atoms with E-state index in [9.17, 15) is 4.79 Å². The molecule has 18 heavy (non-hydrogen) atoms. The summed E-state index contributed by atoms with van der Waals surface area (Å²) in [5.74, 6) is 0.0460. The van der Waals surface area contributed by atoms with Crippen LogP contribution in [0.4, 0.5) is 0 Å². The first-order valence-electron chi connectivity index (χ1n) is 6.83. The Kier molecular flexibility index (Phi) is 3.16. The summed E-state index contributed by atoms with van der Waals surface area (Å²) in [4.78, 5) is 11.0. The minimum absolute atomic E-state index is 0.0202. The Balaban J connectivity index is 1.68. The molecule has 2 aliphatic carbocycles. The van der Waals surface area contributed by atoms with Crippen molar-refractivity contribution in [1.82, 2.24) is 0 Å². The number of carbonyl (C=O) groups excluding carboxylic acids is 1. The van der Waals surface area contributed by atoms with Gasteiger partial charge in [-0.1, -0.05) is 5.57 Å². The van der Waals surface area contributed by atoms with Crippen molar-refractivity contribution in [3.63, 3.8) is 0 Å². The number of esters is 1. The average molecular weight is 252 g/mol. The van der Waals surface area contributed by atoms with Gasteiger partial charge < -0.3 is 14.2 Å². The normalized spacial score (nSPS) is 33.9. The highest BCUT2D eigenvalue weighted by Gasteiger charge is 2.44. The zero-order chi connectivity index (χ0) is 12.6. The van der Waals surface area contributed by atoms with Crippen LogP contribution in [0.5, 0.6) is 0 Å². The minimum Gasteiger partial charge on any atom is -0.458 e. The lowest BCUT2D eigenvalue weighted by Gasteiger charge is -2.40. The summed E-state index contributed by atoms with van der Waals surface area (Å²) in [6.07, 6.45) is 7.02. The van der Waals surface area contributed by atoms with Crippen LogP contribution < -0.4 is 0 Å². The zero-order valence-electron chi connectivity index (χ0n) is 10.8. The molecule has 1 spiro atoms. The average Bonchev–Trinajstić information content (AvgIpc) is 2.77. The van der Waals surface area contributed by atoms with Crippen molar-refractivity contribution >= 4 is 5.97 Å². The molecule has 0 bridgehead atoms. The van der Waals surface area contributed by atoms with Crippen LogP contribution in [0, 0.1) is 5.92 Å². The number of carbonyl (C=O) groups is 1. The third-order valence-electron chi connectivity index (χ3n) is 4.21. The van der Waals surface area contributed by atoms with Gasteiger partial charge >= 0.3 is 5.97 Å². The van der Waals surface area contributed by atoms with Crippen molar-refractivity contribution in [3.05, 3.63) is 11.6 Å². The van der Waals surface area contributed by atoms with E-state index >= 15 is 0 Å². The SMILES string of the molecule is CC(=O)OC1C=C2CCC3(CC2CC1)OCCO3. The Morgan fingerprint density at radius 2 is 2.17 bits per heavy atom. The van der Waals surface area contributed by atoms with Crippen LogP contribution in [-0.2, 0) is 19.0 Å². The fraction of sp³-hybridized carbons (Fsp3) is 0.786. The molecule has 0 radical (unpaired) electrons. The van der Waals surface area contributed by atoms with Crippen LogP contribution >= 0.6 is 0 Å². The van der Waals surface area contributed by atoms with E-state index in [0.29, 0.717) is 5.92 Å². The summed E-state index contributed by atoms with van der Waals surface area (Å²) in [5, 5.41) is 0. The molecule has 0 aromatic heterocycles. The standard InChI is InChI=1S/C14H20O4/c1-10(15)18-13-3-2-12-9-14(16-6-7-17-14)5-4-11(12)8-13/h8,12-13H,2-7,9H2,1H3. The molecule has 4 heteroatoms. The molecule has 3 rings (SSSR count). The molecule has 2 atom stereocenters. The highest BCUT2D eigenvalue weighted by Crippen LogP contribution is 2.45. The Morgan fingerprint density at radius 1 is 1.39 bits per heavy atom. The summed E-state index contributed by atoms with van der Waals surface area (Å²) in [5.41, 5.74) is 1.43. The molecule has 3 aliphatic rings. The van der Waals surface area contributed by atoms with Crippen LogP contribution in [0.15, 0.2) is 11.6 Å². The highest BCUT2D eigenvalue weighted by atomic mass is 16.7. The van der Waals surface area contributed by atoms with E-state index in [2.05, 4.69) is 6.08 Å². The molecular weight excluding hydrogens is 232 g/mol. The van der Waals surface area contributed by atoms with Gasteiger partial charge in [-0.05, 0) is 31.3 Å². The van der Waals surface area contributed by atoms with Crippen LogP contribution in [0.2, 0.25) is 0 Å². The number of hydrogen-bond donors (Lipinski definition) is 0. The molecule has 0 aromatic rings. The second kappa shape index (κ2) is 4.67. The molecule has 1 aliphatic heterocycles. The molecule has 100 valence electrons. The molecule has 2 fully saturated rings. The molecule has 1 saturated carbocycles. The van der Waals surface area contributed by atoms with Crippen LogP contribution in [0.1, 0.15) is 39.0 Å². The quantitative estimate of drug-likeness (QED) is 0.530. The summed E-state index contributed by atoms with van der Waals surface area (Å²) >= 11 is 0. The largest absolute Gasteiger partial charge is 0.458 e. The summed E-state index contributed by atoms with van der Waals surface area (Å²) in [6.45, 7) is 2.92. The smallest absolute Gasteiger partial charge is 0.303 e. The van der Waals surface area contributed by atoms with E-state index in [1.807, 2.05) is 0 Å². The van der Waals surface area contributed by atoms with Crippen LogP contribution in [0.25, 0.3) is 0 Å². The van der Waals surface area contributed by atoms with Gasteiger partial charge in [0.25, 0.3) is 0 Å². The van der Waals surface area contributed by atoms with E-state index in [1.54, 1.807) is 0 Å². The van der Waals surface area contributed by atoms with E-state index < -0.39 is 0 Å². The lowest BCUT2D eigenvalue weighted by Crippen LogP contribution is -2.39. The van der Waals surface area contributed by atoms with Crippen molar-refractivity contribution in [1.29, 1.82) is 0 Å². The van der Waals surface area contributed by atoms with Gasteiger partial charge in [0.05, 0.1) is 13.2 Å². The predicted molar refractivity (Wildman–Crippen MR) is 64.8 cm³/mol. The van der Waals surface area contributed by atoms with Crippen molar-refractivity contribution < 1.29 is 19.0 Å². The first kappa shape index (κ1) is 12.2. The number of hydrogen-bond acceptors (Lipinski definition) is 4. The molecule has 1 heterocycles. The van der Waals surface area contributed by atoms with Gasteiger partial charge in [0, 0.05) is 19.8 Å². The Hall–Kier alpha value is -0.870. The molecule has 4 nitrogen and oxygen atoms in total. The second-order valence-corrected chi connectivity index (χ2v) is 5.48. The fourth-order valence-corrected chi connectivity index (χ4v) is 3.41. The molecule has 2 unspecified atom stereocenters. The number of rotatable bonds is 1. The van der Waals surface area contributed by atoms with Crippen molar-refractivity contribution in [2.75, 3.05) is 13.2 Å². The van der Waals surface area contributed by atoms with E-state index in [0.717, 1.165) is 45.3 Å². The summed E-state index contributed by atoms with van der Waals surface area (Å²) in [6, 6.07) is 0. The maximum Gasteiger partial charge on any atom is 0.303 e. The van der Waals surface area contributed by atoms with Gasteiger partial charge in [-0.15, -0.1) is 0 Å². The molecule has 0 N–H and O–H groups in total. The second-order valence-electron chi connectivity index (χ2n) is 5.48. The molecule has 1 saturated heterocycles. The van der Waals surface area contributed by atoms with Gasteiger partial charge in [-0.25, -0.2) is 0 Å². The van der Waals surface area contributed by atoms with Crippen LogP contribution in [-0.4, -0.2) is 31.1 Å². The Labute approximate surface area is 107 Å². The monoisotopic (exact) mass is 252 g/mol. The summed E-state index contributed by atoms with van der Waals surface area (Å²) in [7, 11) is 0. The van der Waals surface area contributed by atoms with E-state index in [1.165, 1.54) is 12.5 Å². The molecule has 0 amide bonds. The highest BCUT2D eigenvalue weighted by molar-refractivity contribution is 5.66. The van der Waals surface area contributed by atoms with Gasteiger partial charge in [-0.2, -0.15) is 0 Å². The van der Waals surface area contributed by atoms with Gasteiger partial charge in [0.1, 0.15) is 6.10 Å². The Bertz CT molecular complexity index is 368. The molecular formula is C14H20O4. The van der Waals surface area contributed by atoms with E-state index in [-0.39, 0.29) is 17.9 Å². The van der Waals surface area contributed by atoms with Crippen molar-refractivity contribution in [2.45, 2.75) is 50.9 Å². The number of fused-ring (bicyclic) bond motifs is 1. The first-order valence-corrected chi connectivity index (χ1v) is 6.83. The lowest BCUT2D eigenvalue weighted by atomic mass is 9.74. The third-order valence-corrected chi connectivity index (χ3v) is 4.21. The summed E-state index contributed by atoms with van der Waals surface area (Å²) < 4.78 is 16.9. The lowest BCUT2D eigenvalue weighted by molar-refractivity contribution is -0.181. The zero-order valence-corrected chi connectivity index (χ0v) is 10.8. The third kappa shape index (κ3) is 2.31. The number of ether oxygens (including phenoxy) is 3. The van der Waals surface area contributed by atoms with Crippen molar-refractivity contribution in [2.24, 2.45) is 5.92 Å². The maximum atomic E-state index is 11.0. The van der Waals surface area contributed by atoms with Gasteiger partial charge in [0.15, 0.2) is 5.79 Å². The molecule has 0 aromatic carbocycles. The fourth-order valence-electron chi connectivity index (χ4n) is 3.41. The predicted octanol–water partition coefficient (Wildman–Crippen LogP) is 2.18. The van der Waals surface area contributed by atoms with E-state index in [4.69, 9.17) is 14.2 Å². The first-order chi connectivity index (χ1) is 8.67. The van der Waals surface area contributed by atoms with Gasteiger partial charge in [0.2, 0.25) is 0 Å². The topological polar surface area (TPSA) is 44.8 Å². The van der Waals surface area contributed by atoms with Gasteiger partial charge in [-0.3, -0.25) is 4.79 Å². The van der Waals surface area contributed by atoms with Crippen LogP contribution in [0.3, 0.4) is 0 Å². The number of allylic oxidation sites excluding steroid dienone is 1. The maximum absolute atomic E-state index is 11.0. The Morgan fingerprint density at radius 3 is 2.89 bits per heavy atom. The van der Waals surface area contributed by atoms with Crippen molar-refractivity contribution in [3.8, 4) is 0 Å².